The molecule has 0 N–H and O–H groups in total. The Kier molecular flexibility index (Phi) is 5.25. The number of aryl methyl sites for hydroxylation is 1. The van der Waals surface area contributed by atoms with Crippen molar-refractivity contribution < 1.29 is 26.2 Å². The van der Waals surface area contributed by atoms with Gasteiger partial charge in [-0.25, -0.2) is 0 Å². The van der Waals surface area contributed by atoms with Gasteiger partial charge in [-0.3, -0.25) is 0 Å². The van der Waals surface area contributed by atoms with Gasteiger partial charge in [0.15, 0.2) is 0 Å². The predicted molar refractivity (Wildman–Crippen MR) is 123 cm³/mol. The molecule has 2 aliphatic heterocycles. The van der Waals surface area contributed by atoms with E-state index in [0.29, 0.717) is 0 Å². The van der Waals surface area contributed by atoms with Crippen LogP contribution in [-0.4, -0.2) is 12.6 Å². The molecule has 2 bridgehead atoms. The van der Waals surface area contributed by atoms with E-state index in [-0.39, 0.29) is 26.2 Å². The standard InChI is InChI=1S/C16H17NSi.C10H9.Zr/c1-11-15-13-9-17(12-7-5-4-6-8-12)10-14(13)16(11)18(15,2)3;1-8-6-9-4-2-3-5-10(9)7-8;/h4-10,15H,1-3H3;2-7H,1H3;/q;-1;. The van der Waals surface area contributed by atoms with Crippen molar-refractivity contribution in [1.29, 1.82) is 0 Å². The quantitative estimate of drug-likeness (QED) is 0.208. The third-order valence-corrected chi connectivity index (χ3v) is 10.6. The topological polar surface area (TPSA) is 4.93 Å². The Morgan fingerprint density at radius 2 is 1.59 bits per heavy atom. The Labute approximate surface area is 193 Å². The first-order valence-electron chi connectivity index (χ1n) is 10.1. The third-order valence-electron chi connectivity index (χ3n) is 6.45. The number of benzene rings is 2. The van der Waals surface area contributed by atoms with E-state index in [4.69, 9.17) is 0 Å². The second kappa shape index (κ2) is 7.45. The van der Waals surface area contributed by atoms with Gasteiger partial charge in [0.2, 0.25) is 0 Å². The fourth-order valence-corrected chi connectivity index (χ4v) is 9.77. The van der Waals surface area contributed by atoms with Crippen LogP contribution in [0.15, 0.2) is 84.7 Å². The molecule has 1 unspecified atom stereocenters. The monoisotopic (exact) mass is 470 g/mol. The number of hydrogen-bond acceptors (Lipinski definition) is 0. The number of aromatic nitrogens is 1. The van der Waals surface area contributed by atoms with Gasteiger partial charge in [-0.05, 0) is 30.2 Å². The molecule has 1 atom stereocenters. The minimum Gasteiger partial charge on any atom is -0.323 e. The Bertz CT molecular complexity index is 1180. The number of nitrogens with zero attached hydrogens (tertiary/aromatic N) is 1. The molecule has 0 saturated heterocycles. The van der Waals surface area contributed by atoms with Crippen LogP contribution in [0.25, 0.3) is 21.7 Å². The maximum absolute atomic E-state index is 2.51. The third kappa shape index (κ3) is 3.20. The van der Waals surface area contributed by atoms with E-state index in [0.717, 1.165) is 5.54 Å². The van der Waals surface area contributed by atoms with Gasteiger partial charge in [-0.1, -0.05) is 55.1 Å². The van der Waals surface area contributed by atoms with Gasteiger partial charge in [0.05, 0.1) is 8.07 Å². The van der Waals surface area contributed by atoms with Crippen LogP contribution in [0.5, 0.6) is 0 Å². The second-order valence-corrected chi connectivity index (χ2v) is 13.3. The first-order chi connectivity index (χ1) is 13.5. The van der Waals surface area contributed by atoms with Gasteiger partial charge in [0.25, 0.3) is 0 Å². The van der Waals surface area contributed by atoms with Gasteiger partial charge < -0.3 is 4.57 Å². The number of rotatable bonds is 1. The van der Waals surface area contributed by atoms with Crippen LogP contribution in [0.3, 0.4) is 0 Å². The SMILES string of the molecule is CC1=C2c3cn(-c4ccccc4)cc3C1[Si]2(C)C.Cc1cc2ccccc2[cH-]1.[Zr]. The molecule has 0 fully saturated rings. The maximum atomic E-state index is 2.51. The summed E-state index contributed by atoms with van der Waals surface area (Å²) in [5.74, 6) is 0. The number of para-hydroxylation sites is 1. The molecule has 0 radical (unpaired) electrons. The van der Waals surface area contributed by atoms with Crippen LogP contribution < -0.4 is 0 Å². The summed E-state index contributed by atoms with van der Waals surface area (Å²) in [5, 5.41) is 4.41. The van der Waals surface area contributed by atoms with Crippen LogP contribution >= 0.6 is 0 Å². The van der Waals surface area contributed by atoms with Crippen LogP contribution in [0.1, 0.15) is 29.2 Å². The summed E-state index contributed by atoms with van der Waals surface area (Å²) in [6.07, 6.45) is 4.69. The van der Waals surface area contributed by atoms with Crippen LogP contribution in [0, 0.1) is 6.92 Å². The fourth-order valence-electron chi connectivity index (χ4n) is 5.41. The first-order valence-corrected chi connectivity index (χ1v) is 13.2. The molecule has 3 aliphatic rings. The number of hydrogen-bond donors (Lipinski definition) is 0. The van der Waals surface area contributed by atoms with Gasteiger partial charge in [0, 0.05) is 49.8 Å². The van der Waals surface area contributed by atoms with Gasteiger partial charge >= 0.3 is 0 Å². The molecule has 3 heteroatoms. The zero-order valence-corrected chi connectivity index (χ0v) is 21.0. The smallest absolute Gasteiger partial charge is 0.0931 e. The van der Waals surface area contributed by atoms with E-state index in [9.17, 15) is 0 Å². The minimum absolute atomic E-state index is 0. The van der Waals surface area contributed by atoms with E-state index in [1.165, 1.54) is 27.6 Å². The fraction of sp³-hybridized carbons (Fsp3) is 0.192. The summed E-state index contributed by atoms with van der Waals surface area (Å²) in [7, 11) is -1.12. The zero-order chi connectivity index (χ0) is 19.5. The molecule has 3 aromatic carbocycles. The summed E-state index contributed by atoms with van der Waals surface area (Å²) >= 11 is 0. The average Bonchev–Trinajstić information content (AvgIpc) is 3.36. The summed E-state index contributed by atoms with van der Waals surface area (Å²) in [5.41, 5.74) is 8.18. The average molecular weight is 472 g/mol. The van der Waals surface area contributed by atoms with Crippen molar-refractivity contribution in [3.05, 3.63) is 101 Å². The summed E-state index contributed by atoms with van der Waals surface area (Å²) < 4.78 is 2.29. The first kappa shape index (κ1) is 20.4. The van der Waals surface area contributed by atoms with Gasteiger partial charge in [-0.15, -0.1) is 40.6 Å². The van der Waals surface area contributed by atoms with Crippen LogP contribution in [0.2, 0.25) is 13.1 Å². The van der Waals surface area contributed by atoms with Crippen LogP contribution in [-0.2, 0) is 26.2 Å². The summed E-state index contributed by atoms with van der Waals surface area (Å²) in [4.78, 5) is 0. The Hall–Kier alpha value is -1.83. The van der Waals surface area contributed by atoms with Gasteiger partial charge in [-0.2, -0.15) is 6.07 Å². The van der Waals surface area contributed by atoms with Crippen molar-refractivity contribution in [1.82, 2.24) is 4.57 Å². The number of allylic oxidation sites excluding steroid dienone is 1. The number of fused-ring (bicyclic) bond motifs is 1. The zero-order valence-electron chi connectivity index (χ0n) is 17.5. The molecule has 144 valence electrons. The molecule has 0 spiro atoms. The van der Waals surface area contributed by atoms with E-state index >= 15 is 0 Å². The normalized spacial score (nSPS) is 17.9. The van der Waals surface area contributed by atoms with Crippen molar-refractivity contribution in [2.75, 3.05) is 0 Å². The largest absolute Gasteiger partial charge is 0.323 e. The van der Waals surface area contributed by atoms with Crippen molar-refractivity contribution in [2.45, 2.75) is 32.5 Å². The van der Waals surface area contributed by atoms with Crippen molar-refractivity contribution in [2.24, 2.45) is 0 Å². The van der Waals surface area contributed by atoms with Crippen LogP contribution in [0.4, 0.5) is 0 Å². The molecular formula is C26H26NSiZr-. The van der Waals surface area contributed by atoms with E-state index in [2.05, 4.69) is 111 Å². The summed E-state index contributed by atoms with van der Waals surface area (Å²) in [6.45, 7) is 9.46. The Morgan fingerprint density at radius 3 is 2.24 bits per heavy atom. The Morgan fingerprint density at radius 1 is 0.897 bits per heavy atom. The molecule has 7 rings (SSSR count). The molecule has 3 heterocycles. The minimum atomic E-state index is -1.12. The molecule has 4 aromatic rings. The van der Waals surface area contributed by atoms with Crippen molar-refractivity contribution >= 4 is 24.0 Å². The molecule has 1 aromatic heterocycles. The van der Waals surface area contributed by atoms with E-state index in [1.807, 2.05) is 0 Å². The van der Waals surface area contributed by atoms with Crippen molar-refractivity contribution in [3.8, 4) is 5.69 Å². The maximum Gasteiger partial charge on any atom is 0.0931 e. The van der Waals surface area contributed by atoms with Gasteiger partial charge in [0.1, 0.15) is 0 Å². The molecule has 0 saturated carbocycles. The molecule has 1 nitrogen and oxygen atoms in total. The molecule has 1 aliphatic carbocycles. The predicted octanol–water partition coefficient (Wildman–Crippen LogP) is 7.01. The summed E-state index contributed by atoms with van der Waals surface area (Å²) in [6, 6.07) is 23.4. The van der Waals surface area contributed by atoms with Crippen molar-refractivity contribution in [3.63, 3.8) is 0 Å². The molecule has 29 heavy (non-hydrogen) atoms. The molecular weight excluding hydrogens is 446 g/mol. The molecule has 0 amide bonds. The second-order valence-electron chi connectivity index (χ2n) is 8.74. The van der Waals surface area contributed by atoms with E-state index < -0.39 is 8.07 Å². The van der Waals surface area contributed by atoms with E-state index in [1.54, 1.807) is 16.3 Å². The Balaban J connectivity index is 0.000000159.